The van der Waals surface area contributed by atoms with E-state index in [1.54, 1.807) is 36.3 Å². The number of para-hydroxylation sites is 1. The van der Waals surface area contributed by atoms with Crippen molar-refractivity contribution in [3.63, 3.8) is 0 Å². The highest BCUT2D eigenvalue weighted by Gasteiger charge is 2.32. The lowest BCUT2D eigenvalue weighted by atomic mass is 10.0. The van der Waals surface area contributed by atoms with Gasteiger partial charge in [0, 0.05) is 31.1 Å². The number of carbonyl (C=O) groups excluding carboxylic acids is 2. The average Bonchev–Trinajstić information content (AvgIpc) is 3.87. The molecule has 0 aliphatic heterocycles. The smallest absolute Gasteiger partial charge is 0.247 e. The Balaban J connectivity index is 1.37. The molecule has 1 aliphatic rings. The third-order valence-corrected chi connectivity index (χ3v) is 9.13. The Bertz CT molecular complexity index is 1660. The standard InChI is InChI=1S/C35H37N3O5S/c1-43-32-15-9-8-14-29(32)24-36-35(40)34(28-12-6-3-7-13-28)38(25-27-10-4-2-5-11-27)33(39)23-18-26-16-21-31(22-17-26)44(41,42)37-30-19-20-30/h2-17,21-22,30,34,37H,18-20,23-25H2,1H3,(H,36,40)/t34-/m1/s1. The van der Waals surface area contributed by atoms with Crippen molar-refractivity contribution in [2.75, 3.05) is 7.11 Å². The second kappa shape index (κ2) is 14.3. The topological polar surface area (TPSA) is 105 Å². The summed E-state index contributed by atoms with van der Waals surface area (Å²) in [6, 6.07) is 32.2. The Hall–Kier alpha value is -4.47. The summed E-state index contributed by atoms with van der Waals surface area (Å²) in [5.41, 5.74) is 3.26. The molecule has 4 aromatic carbocycles. The third kappa shape index (κ3) is 8.12. The quantitative estimate of drug-likeness (QED) is 0.205. The van der Waals surface area contributed by atoms with Gasteiger partial charge in [-0.05, 0) is 54.2 Å². The third-order valence-electron chi connectivity index (χ3n) is 7.60. The van der Waals surface area contributed by atoms with Gasteiger partial charge in [0.1, 0.15) is 11.8 Å². The fourth-order valence-electron chi connectivity index (χ4n) is 5.06. The van der Waals surface area contributed by atoms with E-state index in [4.69, 9.17) is 4.74 Å². The van der Waals surface area contributed by atoms with Crippen molar-refractivity contribution in [1.29, 1.82) is 0 Å². The summed E-state index contributed by atoms with van der Waals surface area (Å²) in [6.07, 6.45) is 2.26. The zero-order chi connectivity index (χ0) is 30.9. The zero-order valence-corrected chi connectivity index (χ0v) is 25.5. The molecule has 0 heterocycles. The molecule has 8 nitrogen and oxygen atoms in total. The molecule has 2 N–H and O–H groups in total. The van der Waals surface area contributed by atoms with E-state index in [9.17, 15) is 18.0 Å². The molecule has 1 aliphatic carbocycles. The first-order chi connectivity index (χ1) is 21.3. The van der Waals surface area contributed by atoms with Crippen LogP contribution in [0.25, 0.3) is 0 Å². The van der Waals surface area contributed by atoms with E-state index >= 15 is 0 Å². The summed E-state index contributed by atoms with van der Waals surface area (Å²) < 4.78 is 33.3. The maximum Gasteiger partial charge on any atom is 0.247 e. The maximum absolute atomic E-state index is 14.0. The predicted octanol–water partition coefficient (Wildman–Crippen LogP) is 5.16. The fraction of sp³-hybridized carbons (Fsp3) is 0.257. The summed E-state index contributed by atoms with van der Waals surface area (Å²) in [6.45, 7) is 0.482. The molecular weight excluding hydrogens is 574 g/mol. The first-order valence-electron chi connectivity index (χ1n) is 14.7. The number of aryl methyl sites for hydroxylation is 1. The fourth-order valence-corrected chi connectivity index (χ4v) is 6.36. The lowest BCUT2D eigenvalue weighted by molar-refractivity contribution is -0.141. The molecule has 0 bridgehead atoms. The number of hydrogen-bond donors (Lipinski definition) is 2. The largest absolute Gasteiger partial charge is 0.496 e. The Kier molecular flexibility index (Phi) is 10.1. The van der Waals surface area contributed by atoms with Crippen molar-refractivity contribution in [3.05, 3.63) is 131 Å². The van der Waals surface area contributed by atoms with E-state index in [0.29, 0.717) is 17.7 Å². The molecule has 0 saturated heterocycles. The number of methoxy groups -OCH3 is 1. The molecule has 228 valence electrons. The van der Waals surface area contributed by atoms with E-state index in [2.05, 4.69) is 10.0 Å². The van der Waals surface area contributed by atoms with Gasteiger partial charge in [-0.15, -0.1) is 0 Å². The average molecular weight is 612 g/mol. The Morgan fingerprint density at radius 1 is 0.841 bits per heavy atom. The first kappa shape index (κ1) is 31.0. The van der Waals surface area contributed by atoms with Crippen molar-refractivity contribution in [1.82, 2.24) is 14.9 Å². The second-order valence-corrected chi connectivity index (χ2v) is 12.6. The van der Waals surface area contributed by atoms with Crippen LogP contribution < -0.4 is 14.8 Å². The van der Waals surface area contributed by atoms with Gasteiger partial charge >= 0.3 is 0 Å². The highest BCUT2D eigenvalue weighted by Crippen LogP contribution is 2.27. The SMILES string of the molecule is COc1ccccc1CNC(=O)[C@@H](c1ccccc1)N(Cc1ccccc1)C(=O)CCc1ccc(S(=O)(=O)NC2CC2)cc1. The van der Waals surface area contributed by atoms with Gasteiger partial charge in [-0.1, -0.05) is 91.0 Å². The summed E-state index contributed by atoms with van der Waals surface area (Å²) in [4.78, 5) is 29.8. The molecule has 1 fully saturated rings. The van der Waals surface area contributed by atoms with Gasteiger partial charge in [-0.2, -0.15) is 0 Å². The molecule has 0 radical (unpaired) electrons. The van der Waals surface area contributed by atoms with Crippen LogP contribution in [0.15, 0.2) is 114 Å². The van der Waals surface area contributed by atoms with Crippen LogP contribution in [0, 0.1) is 0 Å². The van der Waals surface area contributed by atoms with E-state index in [1.165, 1.54) is 0 Å². The minimum Gasteiger partial charge on any atom is -0.496 e. The first-order valence-corrected chi connectivity index (χ1v) is 16.2. The van der Waals surface area contributed by atoms with Crippen LogP contribution in [-0.2, 0) is 39.1 Å². The molecule has 5 rings (SSSR count). The van der Waals surface area contributed by atoms with Crippen molar-refractivity contribution >= 4 is 21.8 Å². The van der Waals surface area contributed by atoms with Crippen molar-refractivity contribution < 1.29 is 22.7 Å². The van der Waals surface area contributed by atoms with E-state index in [1.807, 2.05) is 84.9 Å². The van der Waals surface area contributed by atoms with Crippen LogP contribution in [0.4, 0.5) is 0 Å². The number of amides is 2. The molecule has 1 atom stereocenters. The number of nitrogens with one attached hydrogen (secondary N) is 2. The van der Waals surface area contributed by atoms with Crippen molar-refractivity contribution in [3.8, 4) is 5.75 Å². The minimum atomic E-state index is -3.55. The number of hydrogen-bond acceptors (Lipinski definition) is 5. The lowest BCUT2D eigenvalue weighted by Crippen LogP contribution is -2.43. The Morgan fingerprint density at radius 2 is 1.48 bits per heavy atom. The summed E-state index contributed by atoms with van der Waals surface area (Å²) >= 11 is 0. The molecule has 0 spiro atoms. The Labute approximate surface area is 259 Å². The normalized spacial score (nSPS) is 13.6. The highest BCUT2D eigenvalue weighted by molar-refractivity contribution is 7.89. The van der Waals surface area contributed by atoms with Crippen molar-refractivity contribution in [2.45, 2.75) is 55.8 Å². The van der Waals surface area contributed by atoms with Gasteiger partial charge in [-0.25, -0.2) is 13.1 Å². The summed E-state index contributed by atoms with van der Waals surface area (Å²) in [5.74, 6) is 0.176. The van der Waals surface area contributed by atoms with Gasteiger partial charge in [0.2, 0.25) is 21.8 Å². The van der Waals surface area contributed by atoms with Crippen LogP contribution in [0.2, 0.25) is 0 Å². The number of rotatable bonds is 14. The maximum atomic E-state index is 14.0. The van der Waals surface area contributed by atoms with Crippen LogP contribution in [0.1, 0.15) is 47.6 Å². The molecule has 2 amide bonds. The molecule has 1 saturated carbocycles. The number of benzene rings is 4. The second-order valence-electron chi connectivity index (χ2n) is 10.9. The van der Waals surface area contributed by atoms with E-state index < -0.39 is 16.1 Å². The number of sulfonamides is 1. The molecule has 4 aromatic rings. The van der Waals surface area contributed by atoms with Crippen LogP contribution in [0.5, 0.6) is 5.75 Å². The van der Waals surface area contributed by atoms with Gasteiger partial charge < -0.3 is 15.0 Å². The lowest BCUT2D eigenvalue weighted by Gasteiger charge is -2.32. The minimum absolute atomic E-state index is 0.0254. The summed E-state index contributed by atoms with van der Waals surface area (Å²) in [7, 11) is -1.96. The number of carbonyl (C=O) groups is 2. The molecule has 0 unspecified atom stereocenters. The summed E-state index contributed by atoms with van der Waals surface area (Å²) in [5, 5.41) is 3.03. The van der Waals surface area contributed by atoms with E-state index in [0.717, 1.165) is 29.5 Å². The Morgan fingerprint density at radius 3 is 2.14 bits per heavy atom. The highest BCUT2D eigenvalue weighted by atomic mass is 32.2. The number of nitrogens with zero attached hydrogens (tertiary/aromatic N) is 1. The predicted molar refractivity (Wildman–Crippen MR) is 169 cm³/mol. The van der Waals surface area contributed by atoms with Gasteiger partial charge in [-0.3, -0.25) is 9.59 Å². The molecule has 44 heavy (non-hydrogen) atoms. The van der Waals surface area contributed by atoms with Gasteiger partial charge in [0.05, 0.1) is 12.0 Å². The van der Waals surface area contributed by atoms with Gasteiger partial charge in [0.15, 0.2) is 0 Å². The zero-order valence-electron chi connectivity index (χ0n) is 24.7. The van der Waals surface area contributed by atoms with E-state index in [-0.39, 0.29) is 42.3 Å². The van der Waals surface area contributed by atoms with Gasteiger partial charge in [0.25, 0.3) is 0 Å². The molecule has 9 heteroatoms. The number of ether oxygens (including phenoxy) is 1. The molecule has 0 aromatic heterocycles. The monoisotopic (exact) mass is 611 g/mol. The van der Waals surface area contributed by atoms with Crippen LogP contribution >= 0.6 is 0 Å². The molecular formula is C35H37N3O5S. The van der Waals surface area contributed by atoms with Crippen LogP contribution in [0.3, 0.4) is 0 Å². The van der Waals surface area contributed by atoms with Crippen LogP contribution in [-0.4, -0.2) is 38.3 Å². The van der Waals surface area contributed by atoms with Crippen molar-refractivity contribution in [2.24, 2.45) is 0 Å².